The van der Waals surface area contributed by atoms with E-state index in [9.17, 15) is 9.59 Å². The second-order valence-corrected chi connectivity index (χ2v) is 9.58. The fourth-order valence-corrected chi connectivity index (χ4v) is 3.01. The molecule has 0 unspecified atom stereocenters. The van der Waals surface area contributed by atoms with E-state index in [0.29, 0.717) is 23.6 Å². The van der Waals surface area contributed by atoms with Gasteiger partial charge in [0.25, 0.3) is 0 Å². The molecular weight excluding hydrogens is 434 g/mol. The Kier molecular flexibility index (Phi) is 7.39. The third-order valence-electron chi connectivity index (χ3n) is 4.86. The topological polar surface area (TPSA) is 92.5 Å². The van der Waals surface area contributed by atoms with Crippen molar-refractivity contribution >= 4 is 11.9 Å². The van der Waals surface area contributed by atoms with Gasteiger partial charge in [0.1, 0.15) is 18.0 Å². The van der Waals surface area contributed by atoms with Crippen LogP contribution >= 0.6 is 0 Å². The molecule has 0 saturated carbocycles. The number of carbonyl (C=O) groups is 2. The highest BCUT2D eigenvalue weighted by molar-refractivity contribution is 5.89. The first-order chi connectivity index (χ1) is 15.9. The minimum absolute atomic E-state index is 0.0433. The summed E-state index contributed by atoms with van der Waals surface area (Å²) in [5.41, 5.74) is 1.51. The molecule has 0 amide bonds. The number of aromatic nitrogens is 3. The van der Waals surface area contributed by atoms with Crippen molar-refractivity contribution in [3.8, 4) is 5.75 Å². The van der Waals surface area contributed by atoms with Crippen LogP contribution in [0.3, 0.4) is 0 Å². The lowest BCUT2D eigenvalue weighted by atomic mass is 10.1. The molecule has 8 nitrogen and oxygen atoms in total. The lowest BCUT2D eigenvalue weighted by Crippen LogP contribution is -2.43. The zero-order chi connectivity index (χ0) is 24.9. The average molecular weight is 466 g/mol. The van der Waals surface area contributed by atoms with Crippen LogP contribution < -0.4 is 4.74 Å². The van der Waals surface area contributed by atoms with Gasteiger partial charge < -0.3 is 14.2 Å². The molecule has 0 N–H and O–H groups in total. The number of hydrogen-bond acceptors (Lipinski definition) is 7. The lowest BCUT2D eigenvalue weighted by Gasteiger charge is -2.29. The number of ether oxygens (including phenoxy) is 3. The van der Waals surface area contributed by atoms with Gasteiger partial charge in [-0.1, -0.05) is 35.0 Å². The van der Waals surface area contributed by atoms with Crippen molar-refractivity contribution in [1.82, 2.24) is 15.0 Å². The summed E-state index contributed by atoms with van der Waals surface area (Å²) >= 11 is 0. The molecule has 0 radical (unpaired) electrons. The highest BCUT2D eigenvalue weighted by Gasteiger charge is 2.34. The largest absolute Gasteiger partial charge is 0.476 e. The Morgan fingerprint density at radius 3 is 2.21 bits per heavy atom. The Labute approximate surface area is 199 Å². The molecule has 2 aromatic carbocycles. The molecule has 8 heteroatoms. The lowest BCUT2D eigenvalue weighted by molar-refractivity contribution is -0.170. The first-order valence-corrected chi connectivity index (χ1v) is 11.1. The molecule has 0 aliphatic carbocycles. The van der Waals surface area contributed by atoms with E-state index in [-0.39, 0.29) is 6.61 Å². The van der Waals surface area contributed by atoms with Crippen molar-refractivity contribution in [3.05, 3.63) is 77.1 Å². The van der Waals surface area contributed by atoms with Crippen LogP contribution in [-0.4, -0.2) is 38.1 Å². The van der Waals surface area contributed by atoms with Crippen molar-refractivity contribution in [2.75, 3.05) is 0 Å². The Bertz CT molecular complexity index is 1130. The van der Waals surface area contributed by atoms with E-state index in [0.717, 1.165) is 5.56 Å². The molecule has 3 rings (SSSR count). The van der Waals surface area contributed by atoms with Crippen LogP contribution in [0.15, 0.2) is 54.7 Å². The highest BCUT2D eigenvalue weighted by atomic mass is 16.6. The Balaban J connectivity index is 1.57. The predicted octanol–water partition coefficient (Wildman–Crippen LogP) is 4.49. The fraction of sp³-hybridized carbons (Fsp3) is 0.385. The van der Waals surface area contributed by atoms with Crippen LogP contribution in [0.1, 0.15) is 61.8 Å². The van der Waals surface area contributed by atoms with Crippen LogP contribution in [0.4, 0.5) is 0 Å². The van der Waals surface area contributed by atoms with Crippen LogP contribution in [0.2, 0.25) is 0 Å². The maximum Gasteiger partial charge on any atom is 0.350 e. The zero-order valence-corrected chi connectivity index (χ0v) is 20.5. The third kappa shape index (κ3) is 6.91. The van der Waals surface area contributed by atoms with Gasteiger partial charge in [-0.15, -0.1) is 5.10 Å². The predicted molar refractivity (Wildman–Crippen MR) is 126 cm³/mol. The van der Waals surface area contributed by atoms with Gasteiger partial charge in [0.2, 0.25) is 0 Å². The highest BCUT2D eigenvalue weighted by Crippen LogP contribution is 2.23. The van der Waals surface area contributed by atoms with E-state index in [4.69, 9.17) is 14.2 Å². The standard InChI is InChI=1S/C26H31N3O5/c1-18-7-9-19(10-8-18)16-29-21(15-27-28-29)17-32-23(30)20-11-13-22(14-12-20)33-26(5,6)24(31)34-25(2,3)4/h7-15H,16-17H2,1-6H3. The van der Waals surface area contributed by atoms with Crippen LogP contribution in [0.5, 0.6) is 5.75 Å². The van der Waals surface area contributed by atoms with E-state index in [1.807, 2.05) is 31.2 Å². The zero-order valence-electron chi connectivity index (χ0n) is 20.5. The van der Waals surface area contributed by atoms with Gasteiger partial charge >= 0.3 is 11.9 Å². The third-order valence-corrected chi connectivity index (χ3v) is 4.86. The molecule has 0 fully saturated rings. The molecule has 0 atom stereocenters. The van der Waals surface area contributed by atoms with Crippen molar-refractivity contribution in [1.29, 1.82) is 0 Å². The number of rotatable bonds is 8. The number of hydrogen-bond donors (Lipinski definition) is 0. The van der Waals surface area contributed by atoms with E-state index in [2.05, 4.69) is 10.3 Å². The normalized spacial score (nSPS) is 11.7. The van der Waals surface area contributed by atoms with Crippen molar-refractivity contribution in [2.45, 2.75) is 65.9 Å². The first kappa shape index (κ1) is 25.0. The van der Waals surface area contributed by atoms with E-state index >= 15 is 0 Å². The van der Waals surface area contributed by atoms with Gasteiger partial charge in [0.15, 0.2) is 5.60 Å². The molecule has 34 heavy (non-hydrogen) atoms. The van der Waals surface area contributed by atoms with Gasteiger partial charge in [-0.2, -0.15) is 0 Å². The number of carbonyl (C=O) groups excluding carboxylic acids is 2. The van der Waals surface area contributed by atoms with Crippen LogP contribution in [0.25, 0.3) is 0 Å². The van der Waals surface area contributed by atoms with Gasteiger partial charge in [0.05, 0.1) is 24.0 Å². The van der Waals surface area contributed by atoms with E-state index < -0.39 is 23.1 Å². The minimum atomic E-state index is -1.18. The maximum atomic E-state index is 12.5. The van der Waals surface area contributed by atoms with Crippen molar-refractivity contribution in [3.63, 3.8) is 0 Å². The van der Waals surface area contributed by atoms with E-state index in [1.54, 1.807) is 69.8 Å². The summed E-state index contributed by atoms with van der Waals surface area (Å²) in [7, 11) is 0. The second kappa shape index (κ2) is 10.1. The van der Waals surface area contributed by atoms with Gasteiger partial charge in [-0.05, 0) is 71.4 Å². The molecule has 0 saturated heterocycles. The summed E-state index contributed by atoms with van der Waals surface area (Å²) in [5, 5.41) is 8.02. The number of esters is 2. The summed E-state index contributed by atoms with van der Waals surface area (Å²) in [6.45, 7) is 11.3. The van der Waals surface area contributed by atoms with Crippen molar-refractivity contribution < 1.29 is 23.8 Å². The maximum absolute atomic E-state index is 12.5. The molecule has 180 valence electrons. The second-order valence-electron chi connectivity index (χ2n) is 9.58. The summed E-state index contributed by atoms with van der Waals surface area (Å²) in [4.78, 5) is 24.9. The Morgan fingerprint density at radius 2 is 1.59 bits per heavy atom. The monoisotopic (exact) mass is 465 g/mol. The molecule has 3 aromatic rings. The first-order valence-electron chi connectivity index (χ1n) is 11.1. The van der Waals surface area contributed by atoms with E-state index in [1.165, 1.54) is 5.56 Å². The summed E-state index contributed by atoms with van der Waals surface area (Å²) in [6, 6.07) is 14.5. The fourth-order valence-electron chi connectivity index (χ4n) is 3.01. The van der Waals surface area contributed by atoms with Crippen LogP contribution in [0, 0.1) is 6.92 Å². The Hall–Kier alpha value is -3.68. The molecule has 1 aromatic heterocycles. The number of nitrogens with zero attached hydrogens (tertiary/aromatic N) is 3. The summed E-state index contributed by atoms with van der Waals surface area (Å²) in [5.74, 6) is -0.520. The number of benzene rings is 2. The average Bonchev–Trinajstić information content (AvgIpc) is 3.19. The smallest absolute Gasteiger partial charge is 0.350 e. The SMILES string of the molecule is Cc1ccc(Cn2nncc2COC(=O)c2ccc(OC(C)(C)C(=O)OC(C)(C)C)cc2)cc1. The minimum Gasteiger partial charge on any atom is -0.476 e. The van der Waals surface area contributed by atoms with Gasteiger partial charge in [-0.25, -0.2) is 14.3 Å². The molecular formula is C26H31N3O5. The van der Waals surface area contributed by atoms with Gasteiger partial charge in [0, 0.05) is 0 Å². The summed E-state index contributed by atoms with van der Waals surface area (Å²) in [6.07, 6.45) is 1.58. The molecule has 0 spiro atoms. The molecule has 1 heterocycles. The molecule has 0 aliphatic heterocycles. The number of aryl methyl sites for hydroxylation is 1. The molecule has 0 bridgehead atoms. The summed E-state index contributed by atoms with van der Waals surface area (Å²) < 4.78 is 18.4. The quantitative estimate of drug-likeness (QED) is 0.453. The molecule has 0 aliphatic rings. The van der Waals surface area contributed by atoms with Crippen LogP contribution in [-0.2, 0) is 27.4 Å². The Morgan fingerprint density at radius 1 is 0.941 bits per heavy atom. The van der Waals surface area contributed by atoms with Crippen molar-refractivity contribution in [2.24, 2.45) is 0 Å². The van der Waals surface area contributed by atoms with Gasteiger partial charge in [-0.3, -0.25) is 0 Å².